The minimum absolute atomic E-state index is 0.241. The van der Waals surface area contributed by atoms with Crippen LogP contribution in [-0.4, -0.2) is 24.5 Å². The Balaban J connectivity index is 1.69. The van der Waals surface area contributed by atoms with Gasteiger partial charge in [0.05, 0.1) is 18.7 Å². The van der Waals surface area contributed by atoms with Crippen molar-refractivity contribution in [3.63, 3.8) is 0 Å². The fourth-order valence-corrected chi connectivity index (χ4v) is 4.36. The van der Waals surface area contributed by atoms with E-state index in [0.717, 1.165) is 30.5 Å². The molecule has 0 spiro atoms. The zero-order chi connectivity index (χ0) is 24.3. The molecule has 3 aromatic rings. The lowest BCUT2D eigenvalue weighted by Crippen LogP contribution is -2.37. The third-order valence-electron chi connectivity index (χ3n) is 5.99. The van der Waals surface area contributed by atoms with Crippen molar-refractivity contribution in [3.8, 4) is 5.75 Å². The van der Waals surface area contributed by atoms with Crippen LogP contribution in [0.1, 0.15) is 41.6 Å². The molecule has 0 saturated carbocycles. The van der Waals surface area contributed by atoms with Crippen LogP contribution >= 0.6 is 0 Å². The van der Waals surface area contributed by atoms with E-state index >= 15 is 0 Å². The summed E-state index contributed by atoms with van der Waals surface area (Å²) in [6, 6.07) is 16.3. The molecule has 2 unspecified atom stereocenters. The summed E-state index contributed by atoms with van der Waals surface area (Å²) in [6.45, 7) is 0.490. The number of amides is 1. The van der Waals surface area contributed by atoms with Crippen molar-refractivity contribution in [1.82, 2.24) is 4.90 Å². The normalized spacial score (nSPS) is 16.9. The monoisotopic (exact) mass is 472 g/mol. The molecule has 178 valence electrons. The summed E-state index contributed by atoms with van der Waals surface area (Å²) in [4.78, 5) is 15.5. The third-order valence-corrected chi connectivity index (χ3v) is 5.99. The van der Waals surface area contributed by atoms with Gasteiger partial charge in [0.2, 0.25) is 5.91 Å². The highest BCUT2D eigenvalue weighted by atomic mass is 19.4. The maximum Gasteiger partial charge on any atom is 0.416 e. The lowest BCUT2D eigenvalue weighted by Gasteiger charge is -2.31. The van der Waals surface area contributed by atoms with Crippen LogP contribution in [0.5, 0.6) is 5.75 Å². The molecule has 1 saturated heterocycles. The topological polar surface area (TPSA) is 41.6 Å². The Morgan fingerprint density at radius 1 is 1.06 bits per heavy atom. The Hall–Kier alpha value is -3.55. The number of carbonyl (C=O) groups excluding carboxylic acids is 1. The molecular weight excluding hydrogens is 448 g/mol. The summed E-state index contributed by atoms with van der Waals surface area (Å²) in [5.41, 5.74) is 0.772. The predicted octanol–water partition coefficient (Wildman–Crippen LogP) is 6.37. The zero-order valence-electron chi connectivity index (χ0n) is 18.5. The van der Waals surface area contributed by atoms with Crippen molar-refractivity contribution in [2.45, 2.75) is 31.1 Å². The van der Waals surface area contributed by atoms with Gasteiger partial charge in [-0.05, 0) is 54.8 Å². The molecular formula is C26H24F4N2O2. The quantitative estimate of drug-likeness (QED) is 0.424. The zero-order valence-corrected chi connectivity index (χ0v) is 18.5. The second kappa shape index (κ2) is 9.75. The van der Waals surface area contributed by atoms with Crippen LogP contribution in [-0.2, 0) is 11.0 Å². The summed E-state index contributed by atoms with van der Waals surface area (Å²) < 4.78 is 58.5. The predicted molar refractivity (Wildman–Crippen MR) is 121 cm³/mol. The Morgan fingerprint density at radius 2 is 1.79 bits per heavy atom. The molecule has 1 N–H and O–H groups in total. The fourth-order valence-electron chi connectivity index (χ4n) is 4.36. The van der Waals surface area contributed by atoms with E-state index < -0.39 is 23.6 Å². The number of methoxy groups -OCH3 is 1. The second-order valence-corrected chi connectivity index (χ2v) is 8.14. The number of nitrogens with one attached hydrogen (secondary N) is 1. The van der Waals surface area contributed by atoms with Crippen LogP contribution in [0.4, 0.5) is 23.2 Å². The van der Waals surface area contributed by atoms with Gasteiger partial charge < -0.3 is 15.0 Å². The van der Waals surface area contributed by atoms with Crippen LogP contribution in [0.3, 0.4) is 0 Å². The number of para-hydroxylation sites is 1. The molecule has 0 radical (unpaired) electrons. The second-order valence-electron chi connectivity index (χ2n) is 8.14. The summed E-state index contributed by atoms with van der Waals surface area (Å²) in [5.74, 6) is -0.134. The van der Waals surface area contributed by atoms with Crippen LogP contribution in [0.2, 0.25) is 0 Å². The summed E-state index contributed by atoms with van der Waals surface area (Å²) in [7, 11) is 1.57. The number of nitrogens with zero attached hydrogens (tertiary/aromatic N) is 1. The standard InChI is InChI=1S/C26H24F4N2O2/c1-34-23-10-3-2-8-21(23)22-9-5-15-32(22)25(33)24(31-20-7-4-6-19(27)16-20)17-11-13-18(14-12-17)26(28,29)30/h2-4,6-8,10-14,16,22,24,31H,5,9,15H2,1H3. The molecule has 2 atom stereocenters. The van der Waals surface area contributed by atoms with Crippen LogP contribution in [0.25, 0.3) is 0 Å². The molecule has 3 aromatic carbocycles. The smallest absolute Gasteiger partial charge is 0.416 e. The first-order valence-electron chi connectivity index (χ1n) is 10.9. The average molecular weight is 472 g/mol. The summed E-state index contributed by atoms with van der Waals surface area (Å²) in [5, 5.41) is 3.03. The molecule has 1 aliphatic heterocycles. The van der Waals surface area contributed by atoms with E-state index in [2.05, 4.69) is 5.32 Å². The van der Waals surface area contributed by atoms with Crippen LogP contribution in [0.15, 0.2) is 72.8 Å². The van der Waals surface area contributed by atoms with Gasteiger partial charge in [-0.2, -0.15) is 13.2 Å². The average Bonchev–Trinajstić information content (AvgIpc) is 3.31. The van der Waals surface area contributed by atoms with Gasteiger partial charge in [0.15, 0.2) is 0 Å². The number of alkyl halides is 3. The van der Waals surface area contributed by atoms with Gasteiger partial charge in [0, 0.05) is 17.8 Å². The Kier molecular flexibility index (Phi) is 6.77. The summed E-state index contributed by atoms with van der Waals surface area (Å²) in [6.07, 6.45) is -2.99. The van der Waals surface area contributed by atoms with E-state index in [1.165, 1.54) is 30.3 Å². The Bertz CT molecular complexity index is 1150. The van der Waals surface area contributed by atoms with Crippen molar-refractivity contribution < 1.29 is 27.1 Å². The minimum atomic E-state index is -4.49. The van der Waals surface area contributed by atoms with Gasteiger partial charge in [0.25, 0.3) is 0 Å². The molecule has 1 fully saturated rings. The molecule has 0 bridgehead atoms. The molecule has 0 aromatic heterocycles. The number of rotatable bonds is 6. The van der Waals surface area contributed by atoms with Crippen LogP contribution < -0.4 is 10.1 Å². The first-order valence-corrected chi connectivity index (χ1v) is 10.9. The molecule has 4 nitrogen and oxygen atoms in total. The highest BCUT2D eigenvalue weighted by Crippen LogP contribution is 2.39. The number of carbonyl (C=O) groups is 1. The lowest BCUT2D eigenvalue weighted by atomic mass is 10.00. The fraction of sp³-hybridized carbons (Fsp3) is 0.269. The minimum Gasteiger partial charge on any atom is -0.496 e. The number of likely N-dealkylation sites (tertiary alicyclic amines) is 1. The van der Waals surface area contributed by atoms with E-state index in [1.807, 2.05) is 24.3 Å². The number of hydrogen-bond donors (Lipinski definition) is 1. The molecule has 0 aliphatic carbocycles. The molecule has 1 heterocycles. The number of benzene rings is 3. The third kappa shape index (κ3) is 5.00. The van der Waals surface area contributed by atoms with Crippen molar-refractivity contribution in [3.05, 3.63) is 95.3 Å². The number of ether oxygens (including phenoxy) is 1. The number of anilines is 1. The molecule has 34 heavy (non-hydrogen) atoms. The maximum atomic E-state index is 13.8. The highest BCUT2D eigenvalue weighted by molar-refractivity contribution is 5.87. The van der Waals surface area contributed by atoms with Gasteiger partial charge >= 0.3 is 6.18 Å². The van der Waals surface area contributed by atoms with Crippen molar-refractivity contribution in [2.75, 3.05) is 19.0 Å². The van der Waals surface area contributed by atoms with Gasteiger partial charge in [0.1, 0.15) is 17.6 Å². The van der Waals surface area contributed by atoms with Gasteiger partial charge in [-0.25, -0.2) is 4.39 Å². The first kappa shape index (κ1) is 23.6. The van der Waals surface area contributed by atoms with E-state index in [0.29, 0.717) is 23.5 Å². The van der Waals surface area contributed by atoms with Crippen molar-refractivity contribution in [2.24, 2.45) is 0 Å². The number of halogens is 4. The van der Waals surface area contributed by atoms with Gasteiger partial charge in [-0.15, -0.1) is 0 Å². The molecule has 4 rings (SSSR count). The SMILES string of the molecule is COc1ccccc1C1CCCN1C(=O)C(Nc1cccc(F)c1)c1ccc(C(F)(F)F)cc1. The molecule has 8 heteroatoms. The van der Waals surface area contributed by atoms with Crippen LogP contribution in [0, 0.1) is 5.82 Å². The molecule has 1 aliphatic rings. The van der Waals surface area contributed by atoms with E-state index in [4.69, 9.17) is 4.74 Å². The number of hydrogen-bond acceptors (Lipinski definition) is 3. The Labute approximate surface area is 195 Å². The Morgan fingerprint density at radius 3 is 2.47 bits per heavy atom. The van der Waals surface area contributed by atoms with Gasteiger partial charge in [-0.1, -0.05) is 36.4 Å². The van der Waals surface area contributed by atoms with Gasteiger partial charge in [-0.3, -0.25) is 4.79 Å². The first-order chi connectivity index (χ1) is 16.3. The largest absolute Gasteiger partial charge is 0.496 e. The molecule has 1 amide bonds. The van der Waals surface area contributed by atoms with E-state index in [-0.39, 0.29) is 11.9 Å². The van der Waals surface area contributed by atoms with E-state index in [1.54, 1.807) is 18.1 Å². The maximum absolute atomic E-state index is 13.8. The lowest BCUT2D eigenvalue weighted by molar-refractivity contribution is -0.137. The van der Waals surface area contributed by atoms with Crippen molar-refractivity contribution >= 4 is 11.6 Å². The van der Waals surface area contributed by atoms with Crippen molar-refractivity contribution in [1.29, 1.82) is 0 Å². The summed E-state index contributed by atoms with van der Waals surface area (Å²) >= 11 is 0. The van der Waals surface area contributed by atoms with E-state index in [9.17, 15) is 22.4 Å². The highest BCUT2D eigenvalue weighted by Gasteiger charge is 2.37.